The SMILES string of the molecule is CO.O=S(=O)([O-])[O-].O=S(=O)([O-])[O-].[Ti+4]. The molecule has 0 spiro atoms. The summed E-state index contributed by atoms with van der Waals surface area (Å²) in [6, 6.07) is 0. The Labute approximate surface area is 89.8 Å². The predicted octanol–water partition coefficient (Wildman–Crippen LogP) is -3.07. The topological polar surface area (TPSA) is 181 Å². The Balaban J connectivity index is -0.0000000491. The van der Waals surface area contributed by atoms with E-state index in [-0.39, 0.29) is 21.7 Å². The molecule has 0 aromatic carbocycles. The monoisotopic (exact) mass is 272 g/mol. The molecule has 0 atom stereocenters. The molecule has 0 aromatic heterocycles. The molecule has 78 valence electrons. The van der Waals surface area contributed by atoms with Crippen LogP contribution in [0.15, 0.2) is 0 Å². The van der Waals surface area contributed by atoms with Gasteiger partial charge in [0.2, 0.25) is 0 Å². The van der Waals surface area contributed by atoms with E-state index in [1.165, 1.54) is 0 Å². The van der Waals surface area contributed by atoms with Gasteiger partial charge in [-0.15, -0.1) is 0 Å². The van der Waals surface area contributed by atoms with Crippen molar-refractivity contribution in [2.24, 2.45) is 0 Å². The number of aliphatic hydroxyl groups is 1. The minimum atomic E-state index is -5.17. The Bertz CT molecular complexity index is 214. The Hall–Kier alpha value is 0.414. The van der Waals surface area contributed by atoms with Gasteiger partial charge >= 0.3 is 21.7 Å². The first-order valence-electron chi connectivity index (χ1n) is 1.78. The van der Waals surface area contributed by atoms with Crippen molar-refractivity contribution in [1.29, 1.82) is 0 Å². The van der Waals surface area contributed by atoms with Gasteiger partial charge in [0.25, 0.3) is 0 Å². The summed E-state index contributed by atoms with van der Waals surface area (Å²) in [5, 5.41) is 7.00. The number of rotatable bonds is 0. The molecule has 0 bridgehead atoms. The summed E-state index contributed by atoms with van der Waals surface area (Å²) in [6.07, 6.45) is 0. The van der Waals surface area contributed by atoms with Crippen LogP contribution in [0.3, 0.4) is 0 Å². The van der Waals surface area contributed by atoms with Crippen LogP contribution in [0.2, 0.25) is 0 Å². The normalized spacial score (nSPS) is 9.38. The maximum atomic E-state index is 8.52. The number of aliphatic hydroxyl groups excluding tert-OH is 1. The predicted molar refractivity (Wildman–Crippen MR) is 29.1 cm³/mol. The molecule has 0 rings (SSSR count). The molecule has 0 aromatic rings. The van der Waals surface area contributed by atoms with Crippen molar-refractivity contribution in [3.05, 3.63) is 0 Å². The average Bonchev–Trinajstić information content (AvgIpc) is 1.59. The summed E-state index contributed by atoms with van der Waals surface area (Å²) in [4.78, 5) is 0. The third-order valence-electron chi connectivity index (χ3n) is 0. The van der Waals surface area contributed by atoms with Crippen molar-refractivity contribution in [1.82, 2.24) is 0 Å². The van der Waals surface area contributed by atoms with Gasteiger partial charge in [0.05, 0.1) is 0 Å². The first kappa shape index (κ1) is 23.3. The van der Waals surface area contributed by atoms with Crippen molar-refractivity contribution < 1.29 is 61.9 Å². The van der Waals surface area contributed by atoms with Gasteiger partial charge in [0.1, 0.15) is 0 Å². The summed E-state index contributed by atoms with van der Waals surface area (Å²) in [5.41, 5.74) is 0. The van der Waals surface area contributed by atoms with Gasteiger partial charge in [-0.2, -0.15) is 0 Å². The number of hydrogen-bond acceptors (Lipinski definition) is 9. The van der Waals surface area contributed by atoms with Crippen molar-refractivity contribution in [2.75, 3.05) is 7.11 Å². The Morgan fingerprint density at radius 3 is 0.769 bits per heavy atom. The van der Waals surface area contributed by atoms with Crippen LogP contribution in [0.1, 0.15) is 0 Å². The third kappa shape index (κ3) is 7840. The summed E-state index contributed by atoms with van der Waals surface area (Å²) in [7, 11) is -9.33. The molecule has 12 heteroatoms. The molecule has 13 heavy (non-hydrogen) atoms. The molecule has 0 saturated heterocycles. The van der Waals surface area contributed by atoms with Gasteiger partial charge in [-0.05, 0) is 0 Å². The first-order chi connectivity index (χ1) is 5.00. The van der Waals surface area contributed by atoms with E-state index in [2.05, 4.69) is 0 Å². The second-order valence-corrected chi connectivity index (χ2v) is 2.45. The zero-order chi connectivity index (χ0) is 11.0. The standard InChI is InChI=1S/CH4O.2H2O4S.Ti/c1-2;2*1-5(2,3)4;/h2H,1H3;2*(H2,1,2,3,4);/q;;;+4/p-4. The second-order valence-electron chi connectivity index (χ2n) is 0.816. The van der Waals surface area contributed by atoms with Crippen LogP contribution < -0.4 is 0 Å². The zero-order valence-electron chi connectivity index (χ0n) is 6.03. The smallest absolute Gasteiger partial charge is 0.759 e. The Kier molecular flexibility index (Phi) is 18.8. The Morgan fingerprint density at radius 2 is 0.769 bits per heavy atom. The van der Waals surface area contributed by atoms with Gasteiger partial charge < -0.3 is 23.3 Å². The summed E-state index contributed by atoms with van der Waals surface area (Å²) in [5.74, 6) is 0. The first-order valence-corrected chi connectivity index (χ1v) is 4.45. The zero-order valence-corrected chi connectivity index (χ0v) is 9.22. The maximum absolute atomic E-state index is 8.52. The van der Waals surface area contributed by atoms with Crippen LogP contribution in [0, 0.1) is 0 Å². The van der Waals surface area contributed by atoms with E-state index in [9.17, 15) is 0 Å². The van der Waals surface area contributed by atoms with E-state index < -0.39 is 20.8 Å². The van der Waals surface area contributed by atoms with Crippen LogP contribution in [-0.2, 0) is 42.5 Å². The van der Waals surface area contributed by atoms with E-state index in [4.69, 9.17) is 40.2 Å². The fourth-order valence-corrected chi connectivity index (χ4v) is 0. The van der Waals surface area contributed by atoms with Crippen molar-refractivity contribution in [3.8, 4) is 0 Å². The van der Waals surface area contributed by atoms with Crippen LogP contribution in [-0.4, -0.2) is 47.3 Å². The summed E-state index contributed by atoms with van der Waals surface area (Å²) >= 11 is 0. The maximum Gasteiger partial charge on any atom is 4.00 e. The number of hydrogen-bond donors (Lipinski definition) is 1. The molecule has 0 unspecified atom stereocenters. The molecule has 0 saturated carbocycles. The van der Waals surface area contributed by atoms with E-state index >= 15 is 0 Å². The van der Waals surface area contributed by atoms with Crippen LogP contribution in [0.5, 0.6) is 0 Å². The quantitative estimate of drug-likeness (QED) is 0.271. The van der Waals surface area contributed by atoms with Crippen molar-refractivity contribution in [2.45, 2.75) is 0 Å². The minimum Gasteiger partial charge on any atom is -0.759 e. The van der Waals surface area contributed by atoms with Crippen molar-refractivity contribution in [3.63, 3.8) is 0 Å². The summed E-state index contributed by atoms with van der Waals surface area (Å²) in [6.45, 7) is 0. The van der Waals surface area contributed by atoms with Gasteiger partial charge in [-0.25, -0.2) is 0 Å². The molecular weight excluding hydrogens is 268 g/mol. The van der Waals surface area contributed by atoms with E-state index in [0.29, 0.717) is 0 Å². The van der Waals surface area contributed by atoms with E-state index in [1.54, 1.807) is 0 Å². The molecular formula is CH4O9S2Ti. The van der Waals surface area contributed by atoms with Gasteiger partial charge in [-0.3, -0.25) is 16.8 Å². The fraction of sp³-hybridized carbons (Fsp3) is 1.00. The molecule has 0 aliphatic heterocycles. The molecule has 0 aliphatic carbocycles. The molecule has 1 N–H and O–H groups in total. The molecule has 0 heterocycles. The average molecular weight is 272 g/mol. The van der Waals surface area contributed by atoms with Gasteiger partial charge in [0, 0.05) is 27.9 Å². The second kappa shape index (κ2) is 10.5. The largest absolute Gasteiger partial charge is 4.00 e. The molecule has 0 amide bonds. The third-order valence-corrected chi connectivity index (χ3v) is 0. The molecule has 0 radical (unpaired) electrons. The minimum absolute atomic E-state index is 0. The Morgan fingerprint density at radius 1 is 0.769 bits per heavy atom. The van der Waals surface area contributed by atoms with Crippen LogP contribution in [0.4, 0.5) is 0 Å². The van der Waals surface area contributed by atoms with Crippen LogP contribution in [0.25, 0.3) is 0 Å². The van der Waals surface area contributed by atoms with E-state index in [1.807, 2.05) is 0 Å². The van der Waals surface area contributed by atoms with Gasteiger partial charge in [-0.1, -0.05) is 0 Å². The van der Waals surface area contributed by atoms with Crippen molar-refractivity contribution >= 4 is 20.8 Å². The molecule has 0 aliphatic rings. The summed E-state index contributed by atoms with van der Waals surface area (Å²) < 4.78 is 68.2. The fourth-order valence-electron chi connectivity index (χ4n) is 0. The van der Waals surface area contributed by atoms with E-state index in [0.717, 1.165) is 7.11 Å². The van der Waals surface area contributed by atoms with Crippen LogP contribution >= 0.6 is 0 Å². The molecule has 9 nitrogen and oxygen atoms in total. The molecule has 0 fully saturated rings. The van der Waals surface area contributed by atoms with Gasteiger partial charge in [0.15, 0.2) is 0 Å².